The number of nitrogens with one attached hydrogen (secondary N) is 1. The molecular weight excluding hydrogens is 346 g/mol. The van der Waals surface area contributed by atoms with Gasteiger partial charge in [-0.15, -0.1) is 0 Å². The normalized spacial score (nSPS) is 18.9. The zero-order chi connectivity index (χ0) is 19.0. The SMILES string of the molecule is CN1C(=O)COc2c(NC(=O)C3CCC(=O)N3c3ccccc3)cccc21. The van der Waals surface area contributed by atoms with Gasteiger partial charge in [-0.1, -0.05) is 24.3 Å². The van der Waals surface area contributed by atoms with Crippen LogP contribution in [0, 0.1) is 0 Å². The molecular formula is C20H19N3O4. The van der Waals surface area contributed by atoms with Gasteiger partial charge in [0.15, 0.2) is 12.4 Å². The van der Waals surface area contributed by atoms with E-state index in [9.17, 15) is 14.4 Å². The molecule has 1 saturated heterocycles. The quantitative estimate of drug-likeness (QED) is 0.904. The number of fused-ring (bicyclic) bond motifs is 1. The number of hydrogen-bond donors (Lipinski definition) is 1. The average Bonchev–Trinajstić information content (AvgIpc) is 3.07. The first-order valence-electron chi connectivity index (χ1n) is 8.76. The molecule has 1 N–H and O–H groups in total. The van der Waals surface area contributed by atoms with E-state index in [1.54, 1.807) is 30.1 Å². The molecule has 0 aliphatic carbocycles. The molecule has 0 spiro atoms. The van der Waals surface area contributed by atoms with E-state index in [2.05, 4.69) is 5.32 Å². The van der Waals surface area contributed by atoms with Crippen molar-refractivity contribution in [2.45, 2.75) is 18.9 Å². The summed E-state index contributed by atoms with van der Waals surface area (Å²) < 4.78 is 5.55. The fourth-order valence-electron chi connectivity index (χ4n) is 3.46. The largest absolute Gasteiger partial charge is 0.479 e. The predicted octanol–water partition coefficient (Wildman–Crippen LogP) is 2.18. The van der Waals surface area contributed by atoms with E-state index in [4.69, 9.17) is 4.74 Å². The lowest BCUT2D eigenvalue weighted by molar-refractivity contribution is -0.121. The average molecular weight is 365 g/mol. The molecule has 2 aromatic carbocycles. The molecule has 1 fully saturated rings. The summed E-state index contributed by atoms with van der Waals surface area (Å²) in [6.07, 6.45) is 0.779. The standard InChI is InChI=1S/C20H19N3O4/c1-22-15-9-5-8-14(19(15)27-12-18(22)25)21-20(26)16-10-11-17(24)23(16)13-6-3-2-4-7-13/h2-9,16H,10-12H2,1H3,(H,21,26). The van der Waals surface area contributed by atoms with E-state index in [-0.39, 0.29) is 24.3 Å². The number of carbonyl (C=O) groups is 3. The van der Waals surface area contributed by atoms with Crippen LogP contribution in [-0.4, -0.2) is 37.4 Å². The van der Waals surface area contributed by atoms with Gasteiger partial charge in [-0.3, -0.25) is 19.3 Å². The number of ether oxygens (including phenoxy) is 1. The van der Waals surface area contributed by atoms with Crippen LogP contribution in [0.15, 0.2) is 48.5 Å². The minimum Gasteiger partial charge on any atom is -0.479 e. The Bertz CT molecular complexity index is 913. The molecule has 7 nitrogen and oxygen atoms in total. The van der Waals surface area contributed by atoms with Crippen molar-refractivity contribution in [3.05, 3.63) is 48.5 Å². The molecule has 0 saturated carbocycles. The van der Waals surface area contributed by atoms with E-state index in [1.165, 1.54) is 4.90 Å². The smallest absolute Gasteiger partial charge is 0.264 e. The number of carbonyl (C=O) groups excluding carboxylic acids is 3. The number of anilines is 3. The van der Waals surface area contributed by atoms with E-state index in [1.807, 2.05) is 30.3 Å². The van der Waals surface area contributed by atoms with Gasteiger partial charge in [-0.05, 0) is 30.7 Å². The summed E-state index contributed by atoms with van der Waals surface area (Å²) in [5.74, 6) is -0.0366. The molecule has 0 bridgehead atoms. The van der Waals surface area contributed by atoms with E-state index < -0.39 is 6.04 Å². The van der Waals surface area contributed by atoms with Crippen molar-refractivity contribution >= 4 is 34.8 Å². The minimum atomic E-state index is -0.585. The van der Waals surface area contributed by atoms with E-state index in [0.717, 1.165) is 0 Å². The Morgan fingerprint density at radius 2 is 1.85 bits per heavy atom. The van der Waals surface area contributed by atoms with Crippen LogP contribution in [0.25, 0.3) is 0 Å². The number of amides is 3. The highest BCUT2D eigenvalue weighted by molar-refractivity contribution is 6.09. The molecule has 0 radical (unpaired) electrons. The monoisotopic (exact) mass is 365 g/mol. The Kier molecular flexibility index (Phi) is 4.27. The number of benzene rings is 2. The zero-order valence-corrected chi connectivity index (χ0v) is 14.8. The lowest BCUT2D eigenvalue weighted by Gasteiger charge is -2.28. The Morgan fingerprint density at radius 3 is 2.63 bits per heavy atom. The molecule has 1 atom stereocenters. The molecule has 138 valence electrons. The maximum absolute atomic E-state index is 12.9. The molecule has 4 rings (SSSR count). The lowest BCUT2D eigenvalue weighted by atomic mass is 10.1. The van der Waals surface area contributed by atoms with Gasteiger partial charge < -0.3 is 15.0 Å². The fourth-order valence-corrected chi connectivity index (χ4v) is 3.46. The number of hydrogen-bond acceptors (Lipinski definition) is 4. The number of rotatable bonds is 3. The molecule has 2 aromatic rings. The van der Waals surface area contributed by atoms with Crippen molar-refractivity contribution in [3.63, 3.8) is 0 Å². The van der Waals surface area contributed by atoms with Gasteiger partial charge >= 0.3 is 0 Å². The highest BCUT2D eigenvalue weighted by atomic mass is 16.5. The van der Waals surface area contributed by atoms with Crippen LogP contribution in [0.1, 0.15) is 12.8 Å². The number of para-hydroxylation sites is 2. The van der Waals surface area contributed by atoms with Crippen LogP contribution in [0.5, 0.6) is 5.75 Å². The first kappa shape index (κ1) is 17.1. The van der Waals surface area contributed by atoms with Gasteiger partial charge in [-0.25, -0.2) is 0 Å². The summed E-state index contributed by atoms with van der Waals surface area (Å²) in [7, 11) is 1.67. The van der Waals surface area contributed by atoms with Crippen molar-refractivity contribution in [3.8, 4) is 5.75 Å². The molecule has 27 heavy (non-hydrogen) atoms. The summed E-state index contributed by atoms with van der Waals surface area (Å²) in [6, 6.07) is 13.8. The molecule has 3 amide bonds. The van der Waals surface area contributed by atoms with Gasteiger partial charge in [0.2, 0.25) is 11.8 Å². The van der Waals surface area contributed by atoms with Crippen molar-refractivity contribution in [2.75, 3.05) is 28.8 Å². The number of likely N-dealkylation sites (N-methyl/N-ethyl adjacent to an activating group) is 1. The van der Waals surface area contributed by atoms with Gasteiger partial charge in [0, 0.05) is 19.2 Å². The second-order valence-electron chi connectivity index (χ2n) is 6.54. The summed E-state index contributed by atoms with van der Waals surface area (Å²) >= 11 is 0. The first-order chi connectivity index (χ1) is 13.1. The van der Waals surface area contributed by atoms with Crippen LogP contribution < -0.4 is 19.9 Å². The fraction of sp³-hybridized carbons (Fsp3) is 0.250. The third-order valence-corrected chi connectivity index (χ3v) is 4.88. The zero-order valence-electron chi connectivity index (χ0n) is 14.8. The molecule has 2 heterocycles. The second-order valence-corrected chi connectivity index (χ2v) is 6.54. The highest BCUT2D eigenvalue weighted by Crippen LogP contribution is 2.38. The van der Waals surface area contributed by atoms with Crippen LogP contribution >= 0.6 is 0 Å². The van der Waals surface area contributed by atoms with Crippen LogP contribution in [0.2, 0.25) is 0 Å². The Balaban J connectivity index is 1.60. The Hall–Kier alpha value is -3.35. The van der Waals surface area contributed by atoms with Gasteiger partial charge in [-0.2, -0.15) is 0 Å². The van der Waals surface area contributed by atoms with Gasteiger partial charge in [0.25, 0.3) is 5.91 Å². The summed E-state index contributed by atoms with van der Waals surface area (Å²) in [5.41, 5.74) is 1.80. The Labute approximate surface area is 156 Å². The van der Waals surface area contributed by atoms with E-state index in [0.29, 0.717) is 35.7 Å². The van der Waals surface area contributed by atoms with Crippen molar-refractivity contribution in [1.82, 2.24) is 0 Å². The van der Waals surface area contributed by atoms with Gasteiger partial charge in [0.1, 0.15) is 6.04 Å². The maximum Gasteiger partial charge on any atom is 0.264 e. The van der Waals surface area contributed by atoms with Crippen LogP contribution in [0.3, 0.4) is 0 Å². The third-order valence-electron chi connectivity index (χ3n) is 4.88. The number of nitrogens with zero attached hydrogens (tertiary/aromatic N) is 2. The maximum atomic E-state index is 12.9. The van der Waals surface area contributed by atoms with Crippen LogP contribution in [-0.2, 0) is 14.4 Å². The third kappa shape index (κ3) is 3.01. The summed E-state index contributed by atoms with van der Waals surface area (Å²) in [4.78, 5) is 40.1. The molecule has 2 aliphatic heterocycles. The molecule has 2 aliphatic rings. The van der Waals surface area contributed by atoms with Crippen LogP contribution in [0.4, 0.5) is 17.1 Å². The first-order valence-corrected chi connectivity index (χ1v) is 8.76. The van der Waals surface area contributed by atoms with E-state index >= 15 is 0 Å². The topological polar surface area (TPSA) is 79.0 Å². The highest BCUT2D eigenvalue weighted by Gasteiger charge is 2.37. The van der Waals surface area contributed by atoms with Crippen molar-refractivity contribution in [1.29, 1.82) is 0 Å². The predicted molar refractivity (Wildman–Crippen MR) is 101 cm³/mol. The second kappa shape index (κ2) is 6.75. The molecule has 1 unspecified atom stereocenters. The van der Waals surface area contributed by atoms with Crippen molar-refractivity contribution < 1.29 is 19.1 Å². The van der Waals surface area contributed by atoms with Gasteiger partial charge in [0.05, 0.1) is 11.4 Å². The lowest BCUT2D eigenvalue weighted by Crippen LogP contribution is -2.42. The minimum absolute atomic E-state index is 0.0713. The van der Waals surface area contributed by atoms with Crippen molar-refractivity contribution in [2.24, 2.45) is 0 Å². The Morgan fingerprint density at radius 1 is 1.07 bits per heavy atom. The summed E-state index contributed by atoms with van der Waals surface area (Å²) in [5, 5.41) is 2.87. The molecule has 0 aromatic heterocycles. The summed E-state index contributed by atoms with van der Waals surface area (Å²) in [6.45, 7) is -0.0750. The molecule has 7 heteroatoms.